The van der Waals surface area contributed by atoms with Gasteiger partial charge in [0, 0.05) is 23.1 Å². The van der Waals surface area contributed by atoms with Gasteiger partial charge in [-0.05, 0) is 60.7 Å². The number of fused-ring (bicyclic) bond motifs is 1. The number of carbonyl (C=O) groups excluding carboxylic acids is 2. The number of amides is 2. The zero-order valence-corrected chi connectivity index (χ0v) is 25.5. The van der Waals surface area contributed by atoms with E-state index in [4.69, 9.17) is 9.47 Å². The molecule has 11 nitrogen and oxygen atoms in total. The average molecular weight is 642 g/mol. The monoisotopic (exact) mass is 641 g/mol. The fraction of sp³-hybridized carbons (Fsp3) is 0.172. The van der Waals surface area contributed by atoms with E-state index in [9.17, 15) is 26.4 Å². The minimum Gasteiger partial charge on any atom is -0.497 e. The second-order valence-electron chi connectivity index (χ2n) is 9.31. The molecule has 2 amide bonds. The van der Waals surface area contributed by atoms with Gasteiger partial charge in [-0.25, -0.2) is 16.8 Å². The summed E-state index contributed by atoms with van der Waals surface area (Å²) in [7, 11) is -5.45. The number of hydrogen-bond donors (Lipinski definition) is 1. The molecule has 0 spiro atoms. The van der Waals surface area contributed by atoms with Gasteiger partial charge in [-0.3, -0.25) is 23.5 Å². The number of thioether (sulfide) groups is 1. The van der Waals surface area contributed by atoms with E-state index in [2.05, 4.69) is 4.72 Å². The van der Waals surface area contributed by atoms with Crippen LogP contribution in [0.1, 0.15) is 0 Å². The van der Waals surface area contributed by atoms with Gasteiger partial charge in [-0.2, -0.15) is 0 Å². The van der Waals surface area contributed by atoms with E-state index in [1.807, 2.05) is 0 Å². The van der Waals surface area contributed by atoms with Crippen molar-refractivity contribution in [3.63, 3.8) is 0 Å². The lowest BCUT2D eigenvalue weighted by Crippen LogP contribution is -2.43. The van der Waals surface area contributed by atoms with Crippen LogP contribution in [-0.4, -0.2) is 65.9 Å². The molecule has 0 aromatic heterocycles. The Kier molecular flexibility index (Phi) is 8.53. The third-order valence-corrected chi connectivity index (χ3v) is 10.8. The lowest BCUT2D eigenvalue weighted by Gasteiger charge is -2.27. The standard InChI is InChI=1S/C29H27N3O8S3/c1-39-20-7-11-22(12-8-20)42(35,36)30-26-15-16-27(25-6-4-3-5-24(25)26)32(19-28(33)31-17-18-41-29(31)34)43(37,38)23-13-9-21(40-2)10-14-23/h3-16,30H,17-19H2,1-2H3. The number of benzene rings is 4. The maximum Gasteiger partial charge on any atom is 0.288 e. The molecule has 43 heavy (non-hydrogen) atoms. The molecule has 0 saturated carbocycles. The van der Waals surface area contributed by atoms with Crippen LogP contribution in [0.3, 0.4) is 0 Å². The smallest absolute Gasteiger partial charge is 0.288 e. The first-order valence-corrected chi connectivity index (χ1v) is 16.8. The van der Waals surface area contributed by atoms with E-state index in [0.717, 1.165) is 21.0 Å². The molecule has 4 aromatic rings. The number of nitrogens with one attached hydrogen (secondary N) is 1. The summed E-state index contributed by atoms with van der Waals surface area (Å²) in [5.74, 6) is 0.679. The van der Waals surface area contributed by atoms with Crippen molar-refractivity contribution in [2.75, 3.05) is 42.1 Å². The predicted octanol–water partition coefficient (Wildman–Crippen LogP) is 4.55. The number of imide groups is 1. The van der Waals surface area contributed by atoms with Crippen LogP contribution in [0, 0.1) is 0 Å². The zero-order valence-electron chi connectivity index (χ0n) is 23.1. The first-order valence-electron chi connectivity index (χ1n) is 12.9. The Morgan fingerprint density at radius 1 is 0.837 bits per heavy atom. The Bertz CT molecular complexity index is 1900. The van der Waals surface area contributed by atoms with Gasteiger partial charge in [0.2, 0.25) is 0 Å². The predicted molar refractivity (Wildman–Crippen MR) is 165 cm³/mol. The summed E-state index contributed by atoms with van der Waals surface area (Å²) >= 11 is 0.987. The summed E-state index contributed by atoms with van der Waals surface area (Å²) in [5, 5.41) is 0.316. The van der Waals surface area contributed by atoms with Gasteiger partial charge in [-0.15, -0.1) is 0 Å². The molecule has 0 radical (unpaired) electrons. The second-order valence-corrected chi connectivity index (χ2v) is 13.9. The Labute approximate surface area is 253 Å². The topological polar surface area (TPSA) is 139 Å². The van der Waals surface area contributed by atoms with Crippen LogP contribution < -0.4 is 18.5 Å². The Morgan fingerprint density at radius 3 is 1.98 bits per heavy atom. The third-order valence-electron chi connectivity index (χ3n) is 6.77. The van der Waals surface area contributed by atoms with Gasteiger partial charge in [0.1, 0.15) is 18.0 Å². The Hall–Kier alpha value is -4.27. The maximum absolute atomic E-state index is 14.1. The highest BCUT2D eigenvalue weighted by molar-refractivity contribution is 8.13. The van der Waals surface area contributed by atoms with Crippen molar-refractivity contribution < 1.29 is 35.9 Å². The molecule has 1 saturated heterocycles. The molecule has 14 heteroatoms. The molecule has 1 aliphatic rings. The van der Waals surface area contributed by atoms with Crippen molar-refractivity contribution in [3.8, 4) is 11.5 Å². The van der Waals surface area contributed by atoms with E-state index in [1.54, 1.807) is 24.3 Å². The largest absolute Gasteiger partial charge is 0.497 e. The van der Waals surface area contributed by atoms with E-state index in [1.165, 1.54) is 74.9 Å². The fourth-order valence-corrected chi connectivity index (χ4v) is 7.86. The minimum absolute atomic E-state index is 0.00362. The van der Waals surface area contributed by atoms with Crippen molar-refractivity contribution in [3.05, 3.63) is 84.9 Å². The Balaban J connectivity index is 1.60. The van der Waals surface area contributed by atoms with Crippen LogP contribution in [-0.2, 0) is 24.8 Å². The summed E-state index contributed by atoms with van der Waals surface area (Å²) in [6.45, 7) is -0.479. The quantitative estimate of drug-likeness (QED) is 0.264. The zero-order chi connectivity index (χ0) is 30.8. The molecule has 5 rings (SSSR count). The number of anilines is 2. The van der Waals surface area contributed by atoms with E-state index in [0.29, 0.717) is 28.0 Å². The number of carbonyl (C=O) groups is 2. The van der Waals surface area contributed by atoms with Crippen molar-refractivity contribution >= 4 is 65.1 Å². The van der Waals surface area contributed by atoms with E-state index < -0.39 is 37.7 Å². The van der Waals surface area contributed by atoms with Crippen LogP contribution in [0.25, 0.3) is 10.8 Å². The minimum atomic E-state index is -4.35. The highest BCUT2D eigenvalue weighted by Gasteiger charge is 2.34. The molecule has 224 valence electrons. The molecule has 1 N–H and O–H groups in total. The molecule has 0 bridgehead atoms. The van der Waals surface area contributed by atoms with Crippen LogP contribution in [0.15, 0.2) is 94.7 Å². The molecule has 1 fully saturated rings. The SMILES string of the molecule is COc1ccc(S(=O)(=O)Nc2ccc(N(CC(=O)N3CCSC3=O)S(=O)(=O)c3ccc(OC)cc3)c3ccccc23)cc1. The second kappa shape index (κ2) is 12.1. The Morgan fingerprint density at radius 2 is 1.42 bits per heavy atom. The molecule has 1 heterocycles. The molecular weight excluding hydrogens is 615 g/mol. The summed E-state index contributed by atoms with van der Waals surface area (Å²) in [6.07, 6.45) is 0. The highest BCUT2D eigenvalue weighted by Crippen LogP contribution is 2.36. The number of sulfonamides is 2. The molecule has 0 unspecified atom stereocenters. The fourth-order valence-electron chi connectivity index (χ4n) is 4.55. The van der Waals surface area contributed by atoms with Crippen molar-refractivity contribution in [1.82, 2.24) is 4.90 Å². The summed E-state index contributed by atoms with van der Waals surface area (Å²) < 4.78 is 68.4. The van der Waals surface area contributed by atoms with E-state index >= 15 is 0 Å². The number of nitrogens with zero attached hydrogens (tertiary/aromatic N) is 2. The van der Waals surface area contributed by atoms with Gasteiger partial charge in [0.05, 0.1) is 35.4 Å². The summed E-state index contributed by atoms with van der Waals surface area (Å²) in [6, 6.07) is 21.1. The molecule has 1 aliphatic heterocycles. The lowest BCUT2D eigenvalue weighted by atomic mass is 10.1. The van der Waals surface area contributed by atoms with Gasteiger partial charge < -0.3 is 9.47 Å². The van der Waals surface area contributed by atoms with Crippen LogP contribution in [0.4, 0.5) is 16.2 Å². The van der Waals surface area contributed by atoms with Gasteiger partial charge in [-0.1, -0.05) is 36.0 Å². The lowest BCUT2D eigenvalue weighted by molar-refractivity contribution is -0.125. The molecule has 0 aliphatic carbocycles. The summed E-state index contributed by atoms with van der Waals surface area (Å²) in [5.41, 5.74) is 0.334. The van der Waals surface area contributed by atoms with Gasteiger partial charge in [0.15, 0.2) is 0 Å². The van der Waals surface area contributed by atoms with Crippen molar-refractivity contribution in [1.29, 1.82) is 0 Å². The van der Waals surface area contributed by atoms with Crippen LogP contribution in [0.2, 0.25) is 0 Å². The van der Waals surface area contributed by atoms with Crippen LogP contribution >= 0.6 is 11.8 Å². The molecular formula is C29H27N3O8S3. The van der Waals surface area contributed by atoms with Gasteiger partial charge in [0.25, 0.3) is 31.2 Å². The number of hydrogen-bond acceptors (Lipinski definition) is 9. The third kappa shape index (κ3) is 6.12. The molecule has 4 aromatic carbocycles. The first-order chi connectivity index (χ1) is 20.5. The van der Waals surface area contributed by atoms with Crippen molar-refractivity contribution in [2.45, 2.75) is 9.79 Å². The number of methoxy groups -OCH3 is 2. The summed E-state index contributed by atoms with van der Waals surface area (Å²) in [4.78, 5) is 26.5. The van der Waals surface area contributed by atoms with E-state index in [-0.39, 0.29) is 27.7 Å². The van der Waals surface area contributed by atoms with Crippen molar-refractivity contribution in [2.24, 2.45) is 0 Å². The van der Waals surface area contributed by atoms with Crippen LogP contribution in [0.5, 0.6) is 11.5 Å². The first kappa shape index (κ1) is 30.2. The van der Waals surface area contributed by atoms with Gasteiger partial charge >= 0.3 is 0 Å². The highest BCUT2D eigenvalue weighted by atomic mass is 32.2. The number of rotatable bonds is 10. The number of ether oxygens (including phenoxy) is 2. The normalized spacial score (nSPS) is 13.6. The maximum atomic E-state index is 14.1. The average Bonchev–Trinajstić information content (AvgIpc) is 3.46. The molecule has 0 atom stereocenters.